The molecule has 170 valence electrons. The first-order chi connectivity index (χ1) is 15.0. The smallest absolute Gasteiger partial charge is 0.264 e. The van der Waals surface area contributed by atoms with Crippen molar-refractivity contribution in [3.63, 3.8) is 0 Å². The number of hydrogen-bond acceptors (Lipinski definition) is 8. The zero-order valence-electron chi connectivity index (χ0n) is 18.5. The maximum Gasteiger partial charge on any atom is 0.264 e. The molecule has 1 aliphatic rings. The predicted octanol–water partition coefficient (Wildman–Crippen LogP) is 1.79. The average molecular weight is 458 g/mol. The number of anilines is 2. The number of aliphatic hydroxyl groups excluding tert-OH is 1. The number of benzene rings is 1. The van der Waals surface area contributed by atoms with Crippen LogP contribution in [0.4, 0.5) is 11.5 Å². The lowest BCUT2D eigenvalue weighted by molar-refractivity contribution is 0.198. The molecule has 0 aliphatic carbocycles. The Labute approximate surface area is 186 Å². The number of nitrogens with zero attached hydrogens (tertiary/aromatic N) is 4. The van der Waals surface area contributed by atoms with E-state index in [1.165, 1.54) is 17.2 Å². The summed E-state index contributed by atoms with van der Waals surface area (Å²) in [5.41, 5.74) is 1.95. The van der Waals surface area contributed by atoms with Crippen molar-refractivity contribution in [2.75, 3.05) is 29.6 Å². The normalized spacial score (nSPS) is 16.8. The summed E-state index contributed by atoms with van der Waals surface area (Å²) in [4.78, 5) is 23.8. The first kappa shape index (κ1) is 22.2. The van der Waals surface area contributed by atoms with E-state index in [2.05, 4.69) is 15.3 Å². The highest BCUT2D eigenvalue weighted by Gasteiger charge is 2.26. The van der Waals surface area contributed by atoms with E-state index in [9.17, 15) is 18.3 Å². The van der Waals surface area contributed by atoms with Crippen molar-refractivity contribution in [1.29, 1.82) is 0 Å². The Balaban J connectivity index is 1.90. The highest BCUT2D eigenvalue weighted by atomic mass is 32.2. The molecule has 4 rings (SSSR count). The standard InChI is InChI=1S/C22H27N5O4S/c1-13(2)24-21-20-17(23-12-26(3)22(20)29)10-16(25-21)14-5-6-18(19(9-14)32(4,30)31)27-8-7-15(28)11-27/h5-6,9-10,12-13,15,28H,7-8,11H2,1-4H3,(H,24,25)/t15-/m0/s1. The summed E-state index contributed by atoms with van der Waals surface area (Å²) in [6, 6.07) is 6.89. The van der Waals surface area contributed by atoms with Gasteiger partial charge in [-0.25, -0.2) is 18.4 Å². The van der Waals surface area contributed by atoms with E-state index < -0.39 is 15.9 Å². The third-order valence-corrected chi connectivity index (χ3v) is 6.61. The summed E-state index contributed by atoms with van der Waals surface area (Å²) in [6.07, 6.45) is 2.76. The number of nitrogens with one attached hydrogen (secondary N) is 1. The number of fused-ring (bicyclic) bond motifs is 1. The summed E-state index contributed by atoms with van der Waals surface area (Å²) in [7, 11) is -1.91. The number of rotatable bonds is 5. The van der Waals surface area contributed by atoms with Crippen LogP contribution in [-0.2, 0) is 16.9 Å². The lowest BCUT2D eigenvalue weighted by Gasteiger charge is -2.21. The summed E-state index contributed by atoms with van der Waals surface area (Å²) in [5, 5.41) is 13.5. The van der Waals surface area contributed by atoms with E-state index in [4.69, 9.17) is 0 Å². The molecule has 0 amide bonds. The molecule has 1 atom stereocenters. The van der Waals surface area contributed by atoms with Gasteiger partial charge in [-0.2, -0.15) is 0 Å². The van der Waals surface area contributed by atoms with E-state index in [0.29, 0.717) is 53.2 Å². The predicted molar refractivity (Wildman–Crippen MR) is 125 cm³/mol. The highest BCUT2D eigenvalue weighted by Crippen LogP contribution is 2.33. The van der Waals surface area contributed by atoms with Crippen molar-refractivity contribution in [2.45, 2.75) is 37.3 Å². The fourth-order valence-electron chi connectivity index (χ4n) is 3.94. The number of pyridine rings is 1. The van der Waals surface area contributed by atoms with Crippen LogP contribution in [0.5, 0.6) is 0 Å². The molecule has 32 heavy (non-hydrogen) atoms. The number of sulfone groups is 1. The van der Waals surface area contributed by atoms with Gasteiger partial charge in [0.1, 0.15) is 11.2 Å². The number of aryl methyl sites for hydroxylation is 1. The zero-order chi connectivity index (χ0) is 23.2. The van der Waals surface area contributed by atoms with Gasteiger partial charge in [0, 0.05) is 38.0 Å². The molecule has 9 nitrogen and oxygen atoms in total. The van der Waals surface area contributed by atoms with Gasteiger partial charge in [0.05, 0.1) is 34.2 Å². The molecule has 0 bridgehead atoms. The van der Waals surface area contributed by atoms with Gasteiger partial charge in [-0.15, -0.1) is 0 Å². The quantitative estimate of drug-likeness (QED) is 0.596. The van der Waals surface area contributed by atoms with Crippen LogP contribution in [-0.4, -0.2) is 59.6 Å². The SMILES string of the molecule is CC(C)Nc1nc(-c2ccc(N3CC[C@H](O)C3)c(S(C)(=O)=O)c2)cc2ncn(C)c(=O)c12. The van der Waals surface area contributed by atoms with E-state index in [1.54, 1.807) is 25.2 Å². The Morgan fingerprint density at radius 1 is 1.25 bits per heavy atom. The molecule has 0 spiro atoms. The number of hydrogen-bond donors (Lipinski definition) is 2. The van der Waals surface area contributed by atoms with Crippen LogP contribution in [0, 0.1) is 0 Å². The highest BCUT2D eigenvalue weighted by molar-refractivity contribution is 7.90. The average Bonchev–Trinajstić information content (AvgIpc) is 3.15. The van der Waals surface area contributed by atoms with Crippen molar-refractivity contribution in [2.24, 2.45) is 7.05 Å². The van der Waals surface area contributed by atoms with Crippen LogP contribution in [0.2, 0.25) is 0 Å². The molecular weight excluding hydrogens is 430 g/mol. The molecular formula is C22H27N5O4S. The van der Waals surface area contributed by atoms with Crippen molar-refractivity contribution < 1.29 is 13.5 Å². The number of β-amino-alcohol motifs (C(OH)–C–C–N with tert-alkyl or cyclic N) is 1. The van der Waals surface area contributed by atoms with Crippen LogP contribution in [0.25, 0.3) is 22.2 Å². The maximum atomic E-state index is 12.7. The second-order valence-electron chi connectivity index (χ2n) is 8.55. The maximum absolute atomic E-state index is 12.7. The molecule has 2 aromatic heterocycles. The van der Waals surface area contributed by atoms with Crippen LogP contribution in [0.15, 0.2) is 40.3 Å². The lowest BCUT2D eigenvalue weighted by atomic mass is 10.1. The van der Waals surface area contributed by atoms with Crippen molar-refractivity contribution in [1.82, 2.24) is 14.5 Å². The summed E-state index contributed by atoms with van der Waals surface area (Å²) < 4.78 is 26.6. The van der Waals surface area contributed by atoms with Crippen LogP contribution >= 0.6 is 0 Å². The van der Waals surface area contributed by atoms with E-state index in [0.717, 1.165) is 0 Å². The Hall–Kier alpha value is -2.98. The molecule has 10 heteroatoms. The molecule has 1 aromatic carbocycles. The minimum atomic E-state index is -3.54. The van der Waals surface area contributed by atoms with Gasteiger partial charge in [-0.3, -0.25) is 4.79 Å². The molecule has 1 saturated heterocycles. The van der Waals surface area contributed by atoms with Crippen molar-refractivity contribution in [3.8, 4) is 11.3 Å². The molecule has 3 aromatic rings. The van der Waals surface area contributed by atoms with Crippen LogP contribution in [0.1, 0.15) is 20.3 Å². The number of aromatic nitrogens is 3. The Kier molecular flexibility index (Phi) is 5.68. The fraction of sp³-hybridized carbons (Fsp3) is 0.409. The lowest BCUT2D eigenvalue weighted by Crippen LogP contribution is -2.23. The van der Waals surface area contributed by atoms with Gasteiger partial charge in [0.2, 0.25) is 0 Å². The fourth-order valence-corrected chi connectivity index (χ4v) is 4.86. The van der Waals surface area contributed by atoms with E-state index in [1.807, 2.05) is 24.8 Å². The molecule has 1 aliphatic heterocycles. The minimum absolute atomic E-state index is 0.0291. The van der Waals surface area contributed by atoms with Gasteiger partial charge in [-0.1, -0.05) is 6.07 Å². The third kappa shape index (κ3) is 4.20. The van der Waals surface area contributed by atoms with Gasteiger partial charge < -0.3 is 19.9 Å². The second kappa shape index (κ2) is 8.18. The summed E-state index contributed by atoms with van der Waals surface area (Å²) >= 11 is 0. The van der Waals surface area contributed by atoms with Crippen molar-refractivity contribution in [3.05, 3.63) is 40.9 Å². The monoisotopic (exact) mass is 457 g/mol. The van der Waals surface area contributed by atoms with E-state index in [-0.39, 0.29) is 16.5 Å². The largest absolute Gasteiger partial charge is 0.391 e. The van der Waals surface area contributed by atoms with E-state index >= 15 is 0 Å². The first-order valence-corrected chi connectivity index (χ1v) is 12.3. The second-order valence-corrected chi connectivity index (χ2v) is 10.5. The topological polar surface area (TPSA) is 117 Å². The molecule has 0 saturated carbocycles. The van der Waals surface area contributed by atoms with Crippen LogP contribution in [0.3, 0.4) is 0 Å². The summed E-state index contributed by atoms with van der Waals surface area (Å²) in [6.45, 7) is 4.88. The molecule has 2 N–H and O–H groups in total. The van der Waals surface area contributed by atoms with Gasteiger partial charge in [0.25, 0.3) is 5.56 Å². The Morgan fingerprint density at radius 2 is 2.00 bits per heavy atom. The number of aliphatic hydroxyl groups is 1. The molecule has 3 heterocycles. The minimum Gasteiger partial charge on any atom is -0.391 e. The third-order valence-electron chi connectivity index (χ3n) is 5.49. The Morgan fingerprint density at radius 3 is 2.62 bits per heavy atom. The molecule has 0 unspecified atom stereocenters. The van der Waals surface area contributed by atoms with Crippen molar-refractivity contribution >= 4 is 32.2 Å². The molecule has 1 fully saturated rings. The van der Waals surface area contributed by atoms with Gasteiger partial charge in [0.15, 0.2) is 9.84 Å². The first-order valence-electron chi connectivity index (χ1n) is 10.4. The van der Waals surface area contributed by atoms with Gasteiger partial charge in [-0.05, 0) is 38.5 Å². The molecule has 0 radical (unpaired) electrons. The van der Waals surface area contributed by atoms with Crippen LogP contribution < -0.4 is 15.8 Å². The summed E-state index contributed by atoms with van der Waals surface area (Å²) in [5.74, 6) is 0.411. The van der Waals surface area contributed by atoms with Gasteiger partial charge >= 0.3 is 0 Å². The Bertz CT molecular complexity index is 1350. The zero-order valence-corrected chi connectivity index (χ0v) is 19.3.